The lowest BCUT2D eigenvalue weighted by Crippen LogP contribution is -2.56. The van der Waals surface area contributed by atoms with Crippen molar-refractivity contribution in [2.75, 3.05) is 39.8 Å². The fourth-order valence-electron chi connectivity index (χ4n) is 4.81. The Labute approximate surface area is 220 Å². The Morgan fingerprint density at radius 1 is 1.16 bits per heavy atom. The molecule has 2 aliphatic rings. The molecule has 2 heterocycles. The molecule has 2 aromatic carbocycles. The maximum atomic E-state index is 14.2. The lowest BCUT2D eigenvalue weighted by atomic mass is 9.94. The number of nitrogens with one attached hydrogen (secondary N) is 1. The molecule has 2 aromatic rings. The molecule has 8 nitrogen and oxygen atoms in total. The van der Waals surface area contributed by atoms with Gasteiger partial charge in [-0.25, -0.2) is 14.0 Å². The minimum atomic E-state index is -0.724. The van der Waals surface area contributed by atoms with Gasteiger partial charge >= 0.3 is 12.0 Å². The summed E-state index contributed by atoms with van der Waals surface area (Å²) >= 11 is 6.20. The van der Waals surface area contributed by atoms with Gasteiger partial charge in [-0.2, -0.15) is 0 Å². The average molecular weight is 529 g/mol. The van der Waals surface area contributed by atoms with Crippen molar-refractivity contribution in [3.8, 4) is 0 Å². The van der Waals surface area contributed by atoms with E-state index in [0.29, 0.717) is 48.0 Å². The molecule has 4 rings (SSSR count). The number of urea groups is 1. The molecule has 2 aliphatic heterocycles. The fourth-order valence-corrected chi connectivity index (χ4v) is 5.01. The van der Waals surface area contributed by atoms with Gasteiger partial charge < -0.3 is 15.0 Å². The van der Waals surface area contributed by atoms with E-state index in [2.05, 4.69) is 10.2 Å². The maximum Gasteiger partial charge on any atom is 0.338 e. The first-order chi connectivity index (χ1) is 17.7. The van der Waals surface area contributed by atoms with Crippen LogP contribution in [0.5, 0.6) is 0 Å². The van der Waals surface area contributed by atoms with Gasteiger partial charge in [-0.3, -0.25) is 14.6 Å². The highest BCUT2D eigenvalue weighted by atomic mass is 35.5. The number of halogens is 2. The third-order valence-electron chi connectivity index (χ3n) is 6.70. The molecular weight excluding hydrogens is 499 g/mol. The van der Waals surface area contributed by atoms with Gasteiger partial charge in [0.15, 0.2) is 0 Å². The first kappa shape index (κ1) is 26.6. The first-order valence-electron chi connectivity index (χ1n) is 12.2. The number of carbonyl (C=O) groups is 3. The Balaban J connectivity index is 1.61. The van der Waals surface area contributed by atoms with Gasteiger partial charge in [0.05, 0.1) is 23.8 Å². The minimum absolute atomic E-state index is 0.0446. The van der Waals surface area contributed by atoms with Crippen LogP contribution in [-0.2, 0) is 9.53 Å². The molecule has 37 heavy (non-hydrogen) atoms. The molecule has 2 unspecified atom stereocenters. The van der Waals surface area contributed by atoms with Crippen molar-refractivity contribution in [2.24, 2.45) is 0 Å². The van der Waals surface area contributed by atoms with Gasteiger partial charge in [0, 0.05) is 50.0 Å². The van der Waals surface area contributed by atoms with Crippen molar-refractivity contribution in [2.45, 2.75) is 25.9 Å². The van der Waals surface area contributed by atoms with E-state index in [9.17, 15) is 18.8 Å². The monoisotopic (exact) mass is 528 g/mol. The normalized spacial score (nSPS) is 20.6. The zero-order valence-corrected chi connectivity index (χ0v) is 21.8. The summed E-state index contributed by atoms with van der Waals surface area (Å²) in [5.41, 5.74) is 1.57. The van der Waals surface area contributed by atoms with Crippen LogP contribution in [0.1, 0.15) is 35.8 Å². The van der Waals surface area contributed by atoms with Crippen molar-refractivity contribution >= 4 is 29.5 Å². The summed E-state index contributed by atoms with van der Waals surface area (Å²) in [5.74, 6) is -1.42. The standard InChI is InChI=1S/C27H30ClFN4O4/c1-4-37-26(35)23-22(31(3)27(36)30-24(23)18-8-7-9-19(28)14-18)16-32-12-13-33(17(2)15-32)25(34)20-10-5-6-11-21(20)29/h5-11,14,17,24H,4,12-13,15-16H2,1-3H3,(H,30,36). The smallest absolute Gasteiger partial charge is 0.338 e. The van der Waals surface area contributed by atoms with Crippen LogP contribution in [0.2, 0.25) is 5.02 Å². The van der Waals surface area contributed by atoms with E-state index >= 15 is 0 Å². The number of piperazine rings is 1. The topological polar surface area (TPSA) is 82.2 Å². The fraction of sp³-hybridized carbons (Fsp3) is 0.370. The number of carbonyl (C=O) groups excluding carboxylic acids is 3. The summed E-state index contributed by atoms with van der Waals surface area (Å²) in [7, 11) is 1.61. The molecule has 0 radical (unpaired) electrons. The largest absolute Gasteiger partial charge is 0.463 e. The Morgan fingerprint density at radius 3 is 2.59 bits per heavy atom. The summed E-state index contributed by atoms with van der Waals surface area (Å²) in [5, 5.41) is 3.37. The lowest BCUT2D eigenvalue weighted by Gasteiger charge is -2.42. The van der Waals surface area contributed by atoms with Crippen molar-refractivity contribution < 1.29 is 23.5 Å². The van der Waals surface area contributed by atoms with Gasteiger partial charge in [-0.15, -0.1) is 0 Å². The van der Waals surface area contributed by atoms with Crippen LogP contribution >= 0.6 is 11.6 Å². The van der Waals surface area contributed by atoms with E-state index in [1.165, 1.54) is 17.0 Å². The Kier molecular flexibility index (Phi) is 8.14. The van der Waals surface area contributed by atoms with Crippen LogP contribution in [0.3, 0.4) is 0 Å². The molecule has 0 aliphatic carbocycles. The van der Waals surface area contributed by atoms with E-state index in [4.69, 9.17) is 16.3 Å². The second kappa shape index (κ2) is 11.3. The Morgan fingerprint density at radius 2 is 1.92 bits per heavy atom. The number of hydrogen-bond donors (Lipinski definition) is 1. The SMILES string of the molecule is CCOC(=O)C1=C(CN2CCN(C(=O)c3ccccc3F)C(C)C2)N(C)C(=O)NC1c1cccc(Cl)c1. The van der Waals surface area contributed by atoms with E-state index < -0.39 is 17.8 Å². The highest BCUT2D eigenvalue weighted by molar-refractivity contribution is 6.30. The number of ether oxygens (including phenoxy) is 1. The number of esters is 1. The predicted molar refractivity (Wildman–Crippen MR) is 137 cm³/mol. The number of nitrogens with zero attached hydrogens (tertiary/aromatic N) is 3. The molecule has 1 fully saturated rings. The summed E-state index contributed by atoms with van der Waals surface area (Å²) in [6.45, 7) is 5.45. The number of likely N-dealkylation sites (N-methyl/N-ethyl adjacent to an activating group) is 1. The van der Waals surface area contributed by atoms with Crippen molar-refractivity contribution in [3.05, 3.63) is 81.8 Å². The van der Waals surface area contributed by atoms with Gasteiger partial charge in [-0.05, 0) is 43.7 Å². The second-order valence-electron chi connectivity index (χ2n) is 9.14. The third-order valence-corrected chi connectivity index (χ3v) is 6.94. The number of hydrogen-bond acceptors (Lipinski definition) is 5. The zero-order chi connectivity index (χ0) is 26.7. The van der Waals surface area contributed by atoms with Gasteiger partial charge in [0.25, 0.3) is 5.91 Å². The van der Waals surface area contributed by atoms with Gasteiger partial charge in [0.1, 0.15) is 5.82 Å². The van der Waals surface area contributed by atoms with Crippen LogP contribution in [0.15, 0.2) is 59.8 Å². The highest BCUT2D eigenvalue weighted by Gasteiger charge is 2.38. The second-order valence-corrected chi connectivity index (χ2v) is 9.58. The molecule has 10 heteroatoms. The molecule has 2 atom stereocenters. The predicted octanol–water partition coefficient (Wildman–Crippen LogP) is 3.84. The van der Waals surface area contributed by atoms with Crippen molar-refractivity contribution in [1.29, 1.82) is 0 Å². The number of benzene rings is 2. The van der Waals surface area contributed by atoms with Gasteiger partial charge in [-0.1, -0.05) is 35.9 Å². The molecule has 0 saturated carbocycles. The zero-order valence-electron chi connectivity index (χ0n) is 21.0. The summed E-state index contributed by atoms with van der Waals surface area (Å²) in [4.78, 5) is 44.2. The summed E-state index contributed by atoms with van der Waals surface area (Å²) in [6.07, 6.45) is 0. The van der Waals surface area contributed by atoms with Crippen LogP contribution < -0.4 is 5.32 Å². The molecule has 1 saturated heterocycles. The molecular formula is C27H30ClFN4O4. The molecule has 0 aromatic heterocycles. The Hall–Kier alpha value is -3.43. The van der Waals surface area contributed by atoms with Crippen LogP contribution in [0.25, 0.3) is 0 Å². The molecule has 196 valence electrons. The molecule has 0 spiro atoms. The van der Waals surface area contributed by atoms with Crippen LogP contribution in [-0.4, -0.2) is 78.5 Å². The third kappa shape index (κ3) is 5.62. The molecule has 0 bridgehead atoms. The maximum absolute atomic E-state index is 14.2. The van der Waals surface area contributed by atoms with Crippen molar-refractivity contribution in [3.63, 3.8) is 0 Å². The molecule has 3 amide bonds. The Bertz CT molecular complexity index is 1240. The van der Waals surface area contributed by atoms with Crippen molar-refractivity contribution in [1.82, 2.24) is 20.0 Å². The number of rotatable bonds is 6. The van der Waals surface area contributed by atoms with E-state index in [0.717, 1.165) is 0 Å². The summed E-state index contributed by atoms with van der Waals surface area (Å²) < 4.78 is 19.6. The van der Waals surface area contributed by atoms with Gasteiger partial charge in [0.2, 0.25) is 0 Å². The van der Waals surface area contributed by atoms with Crippen LogP contribution in [0.4, 0.5) is 9.18 Å². The van der Waals surface area contributed by atoms with Crippen LogP contribution in [0, 0.1) is 5.82 Å². The van der Waals surface area contributed by atoms with E-state index in [1.54, 1.807) is 55.3 Å². The average Bonchev–Trinajstić information content (AvgIpc) is 2.86. The highest BCUT2D eigenvalue weighted by Crippen LogP contribution is 2.33. The quantitative estimate of drug-likeness (QED) is 0.576. The first-order valence-corrected chi connectivity index (χ1v) is 12.6. The summed E-state index contributed by atoms with van der Waals surface area (Å²) in [6, 6.07) is 11.7. The minimum Gasteiger partial charge on any atom is -0.463 e. The van der Waals surface area contributed by atoms with E-state index in [1.807, 2.05) is 6.92 Å². The molecule has 1 N–H and O–H groups in total. The number of amides is 3. The lowest BCUT2D eigenvalue weighted by molar-refractivity contribution is -0.139. The van der Waals surface area contributed by atoms with E-state index in [-0.39, 0.29) is 30.2 Å².